The average Bonchev–Trinajstić information content (AvgIpc) is 2.82. The molecule has 0 fully saturated rings. The lowest BCUT2D eigenvalue weighted by Gasteiger charge is -2.50. The van der Waals surface area contributed by atoms with Crippen LogP contribution in [-0.2, 0) is 9.47 Å². The molecule has 0 atom stereocenters. The molecule has 0 aromatic carbocycles. The fourth-order valence-electron chi connectivity index (χ4n) is 4.29. The van der Waals surface area contributed by atoms with Crippen LogP contribution in [0.15, 0.2) is 0 Å². The Labute approximate surface area is 317 Å². The SMILES string of the molecule is CCOC(CCCCCCCCC(OCC)(C(Cl)(Cl)C(Cl)Cl)C(Cl)(Cl)C(Cl)Cl)(C(Cl)(Cl)C(Cl)Cl)C(Cl)(Cl)C(Cl)Cl. The third kappa shape index (κ3) is 10.0. The maximum atomic E-state index is 6.57. The van der Waals surface area contributed by atoms with E-state index in [1.807, 2.05) is 0 Å². The minimum atomic E-state index is -1.95. The van der Waals surface area contributed by atoms with Crippen molar-refractivity contribution in [3.63, 3.8) is 0 Å². The summed E-state index contributed by atoms with van der Waals surface area (Å²) < 4.78 is 4.04. The zero-order valence-electron chi connectivity index (χ0n) is 21.2. The zero-order valence-corrected chi connectivity index (χ0v) is 33.3. The van der Waals surface area contributed by atoms with Crippen molar-refractivity contribution < 1.29 is 9.47 Å². The van der Waals surface area contributed by atoms with E-state index in [1.54, 1.807) is 13.8 Å². The lowest BCUT2D eigenvalue weighted by Crippen LogP contribution is -2.64. The third-order valence-electron chi connectivity index (χ3n) is 6.34. The standard InChI is InChI=1S/C22H30Cl16O2/c1-3-39-17(19(31,32)13(23)24,20(33,34)14(25)26)11-9-7-5-6-8-10-12-18(40-4-2,21(35,36)15(27)28)22(37,38)16(29)30/h13-16H,3-12H2,1-2H3. The van der Waals surface area contributed by atoms with Gasteiger partial charge in [-0.2, -0.15) is 0 Å². The van der Waals surface area contributed by atoms with Crippen molar-refractivity contribution in [1.29, 1.82) is 0 Å². The highest BCUT2D eigenvalue weighted by Gasteiger charge is 2.68. The van der Waals surface area contributed by atoms with Gasteiger partial charge in [-0.1, -0.05) is 131 Å². The van der Waals surface area contributed by atoms with Crippen LogP contribution in [0.3, 0.4) is 0 Å². The van der Waals surface area contributed by atoms with E-state index < -0.39 is 47.9 Å². The monoisotopic (exact) mass is 886 g/mol. The van der Waals surface area contributed by atoms with Crippen LogP contribution in [0, 0.1) is 0 Å². The van der Waals surface area contributed by atoms with E-state index in [0.717, 1.165) is 12.8 Å². The second-order valence-electron chi connectivity index (χ2n) is 8.84. The smallest absolute Gasteiger partial charge is 0.179 e. The normalized spacial score (nSPS) is 14.8. The van der Waals surface area contributed by atoms with Gasteiger partial charge >= 0.3 is 0 Å². The third-order valence-corrected chi connectivity index (χ3v) is 14.9. The van der Waals surface area contributed by atoms with Gasteiger partial charge in [-0.15, -0.1) is 92.8 Å². The summed E-state index contributed by atoms with van der Waals surface area (Å²) in [7, 11) is 0. The number of alkyl halides is 16. The van der Waals surface area contributed by atoms with Gasteiger partial charge in [-0.05, 0) is 26.7 Å². The van der Waals surface area contributed by atoms with Gasteiger partial charge in [0, 0.05) is 13.2 Å². The van der Waals surface area contributed by atoms with E-state index in [2.05, 4.69) is 0 Å². The summed E-state index contributed by atoms with van der Waals surface area (Å²) in [5.74, 6) is 0. The quantitative estimate of drug-likeness (QED) is 0.0844. The van der Waals surface area contributed by atoms with Crippen molar-refractivity contribution in [3.8, 4) is 0 Å². The average molecular weight is 894 g/mol. The topological polar surface area (TPSA) is 18.5 Å². The van der Waals surface area contributed by atoms with Gasteiger partial charge in [0.15, 0.2) is 17.3 Å². The van der Waals surface area contributed by atoms with Gasteiger partial charge in [0.1, 0.15) is 30.5 Å². The first-order valence-electron chi connectivity index (χ1n) is 12.0. The number of rotatable bonds is 21. The molecule has 18 heteroatoms. The molecule has 40 heavy (non-hydrogen) atoms. The van der Waals surface area contributed by atoms with Crippen LogP contribution in [0.25, 0.3) is 0 Å². The zero-order chi connectivity index (χ0) is 31.8. The molecule has 0 bridgehead atoms. The molecule has 2 nitrogen and oxygen atoms in total. The summed E-state index contributed by atoms with van der Waals surface area (Å²) in [6.07, 6.45) is 4.29. The summed E-state index contributed by atoms with van der Waals surface area (Å²) in [6.45, 7) is 3.68. The predicted octanol–water partition coefficient (Wildman–Crippen LogP) is 13.6. The molecule has 0 unspecified atom stereocenters. The second kappa shape index (κ2) is 18.9. The molecule has 0 radical (unpaired) electrons. The van der Waals surface area contributed by atoms with Crippen molar-refractivity contribution in [2.45, 2.75) is 113 Å². The molecule has 0 aromatic heterocycles. The Bertz CT molecular complexity index is 630. The largest absolute Gasteiger partial charge is 0.369 e. The first kappa shape index (κ1) is 44.6. The molecule has 0 N–H and O–H groups in total. The molecule has 0 aliphatic carbocycles. The number of hydrogen-bond donors (Lipinski definition) is 0. The molecule has 0 saturated heterocycles. The van der Waals surface area contributed by atoms with Gasteiger partial charge in [0.25, 0.3) is 0 Å². The van der Waals surface area contributed by atoms with Gasteiger partial charge in [-0.3, -0.25) is 0 Å². The van der Waals surface area contributed by atoms with Crippen LogP contribution < -0.4 is 0 Å². The maximum Gasteiger partial charge on any atom is 0.179 e. The minimum Gasteiger partial charge on any atom is -0.369 e. The molecule has 242 valence electrons. The predicted molar refractivity (Wildman–Crippen MR) is 185 cm³/mol. The summed E-state index contributed by atoms with van der Waals surface area (Å²) in [6, 6.07) is 0. The Kier molecular flexibility index (Phi) is 21.1. The first-order valence-corrected chi connectivity index (χ1v) is 18.5. The van der Waals surface area contributed by atoms with Crippen LogP contribution >= 0.6 is 186 Å². The molecular weight excluding hydrogens is 863 g/mol. The number of halogens is 16. The summed E-state index contributed by atoms with van der Waals surface area (Å²) in [4.78, 5) is -5.31. The van der Waals surface area contributed by atoms with Crippen molar-refractivity contribution >= 4 is 186 Å². The highest BCUT2D eigenvalue weighted by atomic mass is 35.6. The Morgan fingerprint density at radius 2 is 0.600 bits per heavy atom. The van der Waals surface area contributed by atoms with Gasteiger partial charge in [0.2, 0.25) is 0 Å². The van der Waals surface area contributed by atoms with Crippen molar-refractivity contribution in [1.82, 2.24) is 0 Å². The van der Waals surface area contributed by atoms with Crippen LogP contribution in [0.5, 0.6) is 0 Å². The van der Waals surface area contributed by atoms with Crippen LogP contribution in [0.4, 0.5) is 0 Å². The van der Waals surface area contributed by atoms with E-state index in [-0.39, 0.29) is 26.1 Å². The van der Waals surface area contributed by atoms with E-state index in [9.17, 15) is 0 Å². The number of ether oxygens (including phenoxy) is 2. The number of unbranched alkanes of at least 4 members (excludes halogenated alkanes) is 5. The second-order valence-corrected chi connectivity index (χ2v) is 18.8. The number of hydrogen-bond acceptors (Lipinski definition) is 2. The molecule has 0 aliphatic heterocycles. The fourth-order valence-corrected chi connectivity index (χ4v) is 8.47. The Balaban J connectivity index is 5.50. The van der Waals surface area contributed by atoms with Crippen LogP contribution in [0.2, 0.25) is 0 Å². The first-order chi connectivity index (χ1) is 18.1. The van der Waals surface area contributed by atoms with E-state index in [0.29, 0.717) is 25.7 Å². The van der Waals surface area contributed by atoms with E-state index in [1.165, 1.54) is 0 Å². The molecule has 0 amide bonds. The lowest BCUT2D eigenvalue weighted by molar-refractivity contribution is -0.0675. The Morgan fingerprint density at radius 3 is 0.775 bits per heavy atom. The highest BCUT2D eigenvalue weighted by Crippen LogP contribution is 2.59. The van der Waals surface area contributed by atoms with Crippen molar-refractivity contribution in [2.75, 3.05) is 13.2 Å². The molecule has 0 spiro atoms. The Hall–Kier alpha value is 4.56. The van der Waals surface area contributed by atoms with Crippen molar-refractivity contribution in [3.05, 3.63) is 0 Å². The molecule has 0 aliphatic rings. The summed E-state index contributed by atoms with van der Waals surface area (Å²) in [5, 5.41) is 0. The van der Waals surface area contributed by atoms with E-state index in [4.69, 9.17) is 195 Å². The molecule has 0 heterocycles. The summed E-state index contributed by atoms with van der Waals surface area (Å²) in [5.41, 5.74) is -3.40. The fraction of sp³-hybridized carbons (Fsp3) is 1.00. The molecule has 0 rings (SSSR count). The molecular formula is C22H30Cl16O2. The van der Waals surface area contributed by atoms with Crippen LogP contribution in [-0.4, -0.2) is 61.1 Å². The maximum absolute atomic E-state index is 6.57. The van der Waals surface area contributed by atoms with E-state index >= 15 is 0 Å². The molecule has 0 saturated carbocycles. The van der Waals surface area contributed by atoms with Gasteiger partial charge in [0.05, 0.1) is 0 Å². The van der Waals surface area contributed by atoms with Gasteiger partial charge in [-0.25, -0.2) is 0 Å². The Morgan fingerprint density at radius 1 is 0.400 bits per heavy atom. The summed E-state index contributed by atoms with van der Waals surface area (Å²) >= 11 is 101. The lowest BCUT2D eigenvalue weighted by atomic mass is 9.86. The minimum absolute atomic E-state index is 0.132. The van der Waals surface area contributed by atoms with Crippen LogP contribution in [0.1, 0.15) is 65.2 Å². The molecule has 0 aromatic rings. The van der Waals surface area contributed by atoms with Gasteiger partial charge < -0.3 is 9.47 Å². The highest BCUT2D eigenvalue weighted by molar-refractivity contribution is 6.66. The van der Waals surface area contributed by atoms with Crippen molar-refractivity contribution in [2.24, 2.45) is 0 Å².